The maximum atomic E-state index is 5.62. The minimum atomic E-state index is 0.559. The summed E-state index contributed by atoms with van der Waals surface area (Å²) in [5, 5.41) is 3.50. The molecule has 92 valence electrons. The standard InChI is InChI=1S/C15H21NO/c1-3-7-14(8-4-1)13-17-12-11-16-15-9-5-2-6-10-15/h1,3-5,7-9,15-16H,2,6,10-13H2. The molecule has 2 rings (SSSR count). The molecule has 0 saturated carbocycles. The van der Waals surface area contributed by atoms with E-state index in [2.05, 4.69) is 29.6 Å². The first-order chi connectivity index (χ1) is 8.45. The van der Waals surface area contributed by atoms with Crippen molar-refractivity contribution in [3.8, 4) is 0 Å². The van der Waals surface area contributed by atoms with Crippen LogP contribution in [0.15, 0.2) is 42.5 Å². The highest BCUT2D eigenvalue weighted by Gasteiger charge is 2.06. The van der Waals surface area contributed by atoms with Crippen LogP contribution in [0.4, 0.5) is 0 Å². The molecule has 0 heterocycles. The van der Waals surface area contributed by atoms with Gasteiger partial charge < -0.3 is 10.1 Å². The first-order valence-corrected chi connectivity index (χ1v) is 6.47. The molecular formula is C15H21NO. The van der Waals surface area contributed by atoms with E-state index in [1.165, 1.54) is 24.8 Å². The fourth-order valence-electron chi connectivity index (χ4n) is 2.06. The zero-order chi connectivity index (χ0) is 11.8. The summed E-state index contributed by atoms with van der Waals surface area (Å²) < 4.78 is 5.62. The van der Waals surface area contributed by atoms with E-state index in [-0.39, 0.29) is 0 Å². The molecule has 0 fully saturated rings. The summed E-state index contributed by atoms with van der Waals surface area (Å²) >= 11 is 0. The maximum Gasteiger partial charge on any atom is 0.0717 e. The second kappa shape index (κ2) is 7.25. The molecule has 0 spiro atoms. The normalized spacial score (nSPS) is 19.4. The van der Waals surface area contributed by atoms with Crippen LogP contribution < -0.4 is 5.32 Å². The molecule has 2 nitrogen and oxygen atoms in total. The van der Waals surface area contributed by atoms with Gasteiger partial charge in [-0.25, -0.2) is 0 Å². The summed E-state index contributed by atoms with van der Waals surface area (Å²) in [6, 6.07) is 10.9. The van der Waals surface area contributed by atoms with E-state index in [0.29, 0.717) is 12.6 Å². The molecule has 1 unspecified atom stereocenters. The largest absolute Gasteiger partial charge is 0.375 e. The van der Waals surface area contributed by atoms with Crippen LogP contribution in [-0.2, 0) is 11.3 Å². The van der Waals surface area contributed by atoms with Gasteiger partial charge in [-0.1, -0.05) is 42.5 Å². The summed E-state index contributed by atoms with van der Waals surface area (Å²) in [5.41, 5.74) is 1.24. The lowest BCUT2D eigenvalue weighted by Gasteiger charge is -2.17. The smallest absolute Gasteiger partial charge is 0.0717 e. The van der Waals surface area contributed by atoms with E-state index in [4.69, 9.17) is 4.74 Å². The zero-order valence-corrected chi connectivity index (χ0v) is 10.3. The van der Waals surface area contributed by atoms with Gasteiger partial charge in [-0.3, -0.25) is 0 Å². The van der Waals surface area contributed by atoms with E-state index >= 15 is 0 Å². The van der Waals surface area contributed by atoms with Crippen LogP contribution >= 0.6 is 0 Å². The second-order valence-electron chi connectivity index (χ2n) is 4.46. The van der Waals surface area contributed by atoms with E-state index in [9.17, 15) is 0 Å². The molecule has 0 bridgehead atoms. The van der Waals surface area contributed by atoms with Crippen molar-refractivity contribution in [2.24, 2.45) is 0 Å². The van der Waals surface area contributed by atoms with Gasteiger partial charge in [0.2, 0.25) is 0 Å². The molecule has 0 aliphatic heterocycles. The Morgan fingerprint density at radius 1 is 1.24 bits per heavy atom. The predicted octanol–water partition coefficient (Wildman–Crippen LogP) is 2.90. The number of hydrogen-bond donors (Lipinski definition) is 1. The maximum absolute atomic E-state index is 5.62. The fourth-order valence-corrected chi connectivity index (χ4v) is 2.06. The summed E-state index contributed by atoms with van der Waals surface area (Å²) in [6.07, 6.45) is 8.35. The summed E-state index contributed by atoms with van der Waals surface area (Å²) in [6.45, 7) is 2.42. The SMILES string of the molecule is C1=CC(NCCOCc2ccccc2)CCC1. The predicted molar refractivity (Wildman–Crippen MR) is 70.9 cm³/mol. The Kier molecular flexibility index (Phi) is 5.27. The van der Waals surface area contributed by atoms with Gasteiger partial charge in [-0.2, -0.15) is 0 Å². The molecule has 1 atom stereocenters. The molecule has 1 aromatic carbocycles. The minimum absolute atomic E-state index is 0.559. The summed E-state index contributed by atoms with van der Waals surface area (Å²) in [7, 11) is 0. The number of hydrogen-bond acceptors (Lipinski definition) is 2. The Balaban J connectivity index is 1.54. The summed E-state index contributed by atoms with van der Waals surface area (Å²) in [5.74, 6) is 0. The zero-order valence-electron chi connectivity index (χ0n) is 10.3. The van der Waals surface area contributed by atoms with Crippen molar-refractivity contribution in [2.75, 3.05) is 13.2 Å². The molecule has 0 saturated heterocycles. The monoisotopic (exact) mass is 231 g/mol. The number of allylic oxidation sites excluding steroid dienone is 1. The van der Waals surface area contributed by atoms with Gasteiger partial charge in [-0.15, -0.1) is 0 Å². The van der Waals surface area contributed by atoms with Crippen LogP contribution in [0, 0.1) is 0 Å². The Bertz CT molecular complexity index is 334. The van der Waals surface area contributed by atoms with Gasteiger partial charge in [0, 0.05) is 12.6 Å². The van der Waals surface area contributed by atoms with Crippen molar-refractivity contribution in [1.82, 2.24) is 5.32 Å². The number of rotatable bonds is 6. The van der Waals surface area contributed by atoms with Gasteiger partial charge in [0.25, 0.3) is 0 Å². The Labute approximate surface area is 104 Å². The molecule has 1 N–H and O–H groups in total. The lowest BCUT2D eigenvalue weighted by atomic mass is 10.0. The van der Waals surface area contributed by atoms with Gasteiger partial charge in [-0.05, 0) is 24.8 Å². The van der Waals surface area contributed by atoms with Crippen molar-refractivity contribution in [3.63, 3.8) is 0 Å². The fraction of sp³-hybridized carbons (Fsp3) is 0.467. The second-order valence-corrected chi connectivity index (χ2v) is 4.46. The van der Waals surface area contributed by atoms with Crippen LogP contribution in [0.2, 0.25) is 0 Å². The van der Waals surface area contributed by atoms with Crippen LogP contribution in [0.5, 0.6) is 0 Å². The quantitative estimate of drug-likeness (QED) is 0.600. The van der Waals surface area contributed by atoms with E-state index in [1.807, 2.05) is 18.2 Å². The molecular weight excluding hydrogens is 210 g/mol. The van der Waals surface area contributed by atoms with Gasteiger partial charge in [0.1, 0.15) is 0 Å². The molecule has 1 aromatic rings. The molecule has 0 amide bonds. The topological polar surface area (TPSA) is 21.3 Å². The molecule has 1 aliphatic carbocycles. The minimum Gasteiger partial charge on any atom is -0.375 e. The van der Waals surface area contributed by atoms with Crippen molar-refractivity contribution < 1.29 is 4.74 Å². The van der Waals surface area contributed by atoms with Gasteiger partial charge in [0.05, 0.1) is 13.2 Å². The van der Waals surface area contributed by atoms with Gasteiger partial charge in [0.15, 0.2) is 0 Å². The molecule has 17 heavy (non-hydrogen) atoms. The summed E-state index contributed by atoms with van der Waals surface area (Å²) in [4.78, 5) is 0. The van der Waals surface area contributed by atoms with Crippen LogP contribution in [0.25, 0.3) is 0 Å². The Hall–Kier alpha value is -1.12. The van der Waals surface area contributed by atoms with Crippen molar-refractivity contribution in [3.05, 3.63) is 48.0 Å². The molecule has 1 aliphatic rings. The lowest BCUT2D eigenvalue weighted by Crippen LogP contribution is -2.31. The highest BCUT2D eigenvalue weighted by atomic mass is 16.5. The van der Waals surface area contributed by atoms with Crippen molar-refractivity contribution >= 4 is 0 Å². The lowest BCUT2D eigenvalue weighted by molar-refractivity contribution is 0.121. The van der Waals surface area contributed by atoms with Gasteiger partial charge >= 0.3 is 0 Å². The van der Waals surface area contributed by atoms with E-state index in [1.54, 1.807) is 0 Å². The van der Waals surface area contributed by atoms with E-state index < -0.39 is 0 Å². The number of ether oxygens (including phenoxy) is 1. The third-order valence-corrected chi connectivity index (χ3v) is 3.02. The number of benzene rings is 1. The first-order valence-electron chi connectivity index (χ1n) is 6.47. The average Bonchev–Trinajstić information content (AvgIpc) is 2.41. The van der Waals surface area contributed by atoms with Crippen LogP contribution in [0.1, 0.15) is 24.8 Å². The van der Waals surface area contributed by atoms with Crippen molar-refractivity contribution in [1.29, 1.82) is 0 Å². The molecule has 0 aromatic heterocycles. The third kappa shape index (κ3) is 4.72. The van der Waals surface area contributed by atoms with Crippen LogP contribution in [0.3, 0.4) is 0 Å². The average molecular weight is 231 g/mol. The van der Waals surface area contributed by atoms with Crippen LogP contribution in [-0.4, -0.2) is 19.2 Å². The Morgan fingerprint density at radius 3 is 2.88 bits per heavy atom. The Morgan fingerprint density at radius 2 is 2.12 bits per heavy atom. The van der Waals surface area contributed by atoms with Crippen molar-refractivity contribution in [2.45, 2.75) is 31.9 Å². The molecule has 2 heteroatoms. The van der Waals surface area contributed by atoms with E-state index in [0.717, 1.165) is 13.2 Å². The highest BCUT2D eigenvalue weighted by Crippen LogP contribution is 2.09. The number of nitrogens with one attached hydrogen (secondary N) is 1. The first kappa shape index (κ1) is 12.3. The molecule has 0 radical (unpaired) electrons. The highest BCUT2D eigenvalue weighted by molar-refractivity contribution is 5.13. The third-order valence-electron chi connectivity index (χ3n) is 3.02.